The number of hydrogen-bond acceptors (Lipinski definition) is 3. The molecule has 0 aromatic heterocycles. The molecule has 0 heterocycles. The number of Topliss-reactive ketones (excluding diaryl/α,β-unsaturated/α-hetero) is 1. The molecular weight excluding hydrogens is 319 g/mol. The van der Waals surface area contributed by atoms with E-state index in [-0.39, 0.29) is 5.78 Å². The fourth-order valence-corrected chi connectivity index (χ4v) is 3.95. The minimum absolute atomic E-state index is 0.112. The molecule has 0 N–H and O–H groups in total. The molecule has 3 nitrogen and oxygen atoms in total. The number of carbonyl (C=O) groups excluding carboxylic acids is 1. The van der Waals surface area contributed by atoms with Gasteiger partial charge in [0.2, 0.25) is 5.30 Å². The smallest absolute Gasteiger partial charge is 0.291 e. The molecule has 0 aliphatic rings. The van der Waals surface area contributed by atoms with Crippen LogP contribution in [0, 0.1) is 20.8 Å². The van der Waals surface area contributed by atoms with E-state index >= 15 is 0 Å². The first kappa shape index (κ1) is 18.5. The third-order valence-corrected chi connectivity index (χ3v) is 5.60. The molecule has 2 atom stereocenters. The van der Waals surface area contributed by atoms with Gasteiger partial charge in [0.1, 0.15) is 0 Å². The van der Waals surface area contributed by atoms with Crippen molar-refractivity contribution in [2.24, 2.45) is 0 Å². The van der Waals surface area contributed by atoms with Gasteiger partial charge in [-0.15, -0.1) is 4.52 Å². The van der Waals surface area contributed by atoms with Gasteiger partial charge in [-0.05, 0) is 61.9 Å². The van der Waals surface area contributed by atoms with Crippen molar-refractivity contribution in [1.82, 2.24) is 0 Å². The van der Waals surface area contributed by atoms with Gasteiger partial charge in [0, 0.05) is 5.56 Å². The van der Waals surface area contributed by atoms with E-state index in [4.69, 9.17) is 4.52 Å². The number of benzene rings is 2. The van der Waals surface area contributed by atoms with E-state index < -0.39 is 13.6 Å². The van der Waals surface area contributed by atoms with Gasteiger partial charge in [-0.3, -0.25) is 4.79 Å². The van der Waals surface area contributed by atoms with E-state index in [1.54, 1.807) is 19.1 Å². The maximum Gasteiger partial charge on any atom is 0.549 e. The van der Waals surface area contributed by atoms with Crippen LogP contribution in [0.4, 0.5) is 0 Å². The standard InChI is InChI=1S/C20H24O3P/c1-6-20(5,23-24(22)17-10-8-7-9-11-17)19(21)18-15(3)12-14(2)13-16(18)4/h7-13H,6H2,1-5H3/q+1. The highest BCUT2D eigenvalue weighted by Crippen LogP contribution is 2.35. The molecule has 2 aromatic carbocycles. The van der Waals surface area contributed by atoms with Crippen LogP contribution in [0.15, 0.2) is 42.5 Å². The lowest BCUT2D eigenvalue weighted by molar-refractivity contribution is 0.0542. The molecule has 0 spiro atoms. The zero-order valence-electron chi connectivity index (χ0n) is 14.9. The maximum atomic E-state index is 13.2. The van der Waals surface area contributed by atoms with Crippen LogP contribution < -0.4 is 5.30 Å². The van der Waals surface area contributed by atoms with Gasteiger partial charge < -0.3 is 0 Å². The fourth-order valence-electron chi connectivity index (χ4n) is 2.85. The molecule has 0 aliphatic heterocycles. The second kappa shape index (κ2) is 7.38. The summed E-state index contributed by atoms with van der Waals surface area (Å²) in [6.45, 7) is 9.48. The van der Waals surface area contributed by atoms with E-state index in [0.29, 0.717) is 17.3 Å². The van der Waals surface area contributed by atoms with Crippen LogP contribution in [-0.4, -0.2) is 11.4 Å². The zero-order valence-corrected chi connectivity index (χ0v) is 15.8. The first-order valence-electron chi connectivity index (χ1n) is 8.12. The van der Waals surface area contributed by atoms with Crippen LogP contribution in [0.1, 0.15) is 47.3 Å². The number of carbonyl (C=O) groups is 1. The van der Waals surface area contributed by atoms with Crippen LogP contribution in [0.5, 0.6) is 0 Å². The highest BCUT2D eigenvalue weighted by Gasteiger charge is 2.43. The van der Waals surface area contributed by atoms with Crippen LogP contribution in [0.3, 0.4) is 0 Å². The Kier molecular flexibility index (Phi) is 5.69. The summed E-state index contributed by atoms with van der Waals surface area (Å²) in [5, 5.41) is 0.595. The van der Waals surface area contributed by atoms with E-state index in [1.807, 2.05) is 58.0 Å². The lowest BCUT2D eigenvalue weighted by Gasteiger charge is -2.22. The molecule has 2 rings (SSSR count). The van der Waals surface area contributed by atoms with E-state index in [1.165, 1.54) is 0 Å². The third kappa shape index (κ3) is 3.80. The highest BCUT2D eigenvalue weighted by atomic mass is 31.1. The van der Waals surface area contributed by atoms with Crippen molar-refractivity contribution in [1.29, 1.82) is 0 Å². The van der Waals surface area contributed by atoms with E-state index in [0.717, 1.165) is 16.7 Å². The van der Waals surface area contributed by atoms with Gasteiger partial charge in [-0.2, -0.15) is 0 Å². The summed E-state index contributed by atoms with van der Waals surface area (Å²) >= 11 is 0. The van der Waals surface area contributed by atoms with E-state index in [2.05, 4.69) is 0 Å². The zero-order chi connectivity index (χ0) is 17.9. The van der Waals surface area contributed by atoms with Crippen molar-refractivity contribution in [2.45, 2.75) is 46.6 Å². The van der Waals surface area contributed by atoms with Crippen molar-refractivity contribution in [2.75, 3.05) is 0 Å². The number of aryl methyl sites for hydroxylation is 3. The largest absolute Gasteiger partial charge is 0.549 e. The lowest BCUT2D eigenvalue weighted by atomic mass is 9.87. The summed E-state index contributed by atoms with van der Waals surface area (Å²) in [5.41, 5.74) is 2.53. The van der Waals surface area contributed by atoms with Crippen molar-refractivity contribution in [3.63, 3.8) is 0 Å². The van der Waals surface area contributed by atoms with Crippen molar-refractivity contribution in [3.05, 3.63) is 64.7 Å². The second-order valence-electron chi connectivity index (χ2n) is 6.37. The first-order chi connectivity index (χ1) is 11.3. The Hall–Kier alpha value is -1.83. The van der Waals surface area contributed by atoms with Gasteiger partial charge in [0.05, 0.1) is 0 Å². The van der Waals surface area contributed by atoms with Crippen molar-refractivity contribution < 1.29 is 13.9 Å². The average Bonchev–Trinajstić information content (AvgIpc) is 2.54. The van der Waals surface area contributed by atoms with Gasteiger partial charge in [-0.25, -0.2) is 0 Å². The topological polar surface area (TPSA) is 43.4 Å². The summed E-state index contributed by atoms with van der Waals surface area (Å²) < 4.78 is 18.3. The minimum atomic E-state index is -2.09. The van der Waals surface area contributed by atoms with Crippen LogP contribution in [-0.2, 0) is 9.09 Å². The molecule has 0 saturated carbocycles. The Morgan fingerprint density at radius 2 is 1.62 bits per heavy atom. The molecule has 126 valence electrons. The Morgan fingerprint density at radius 3 is 2.12 bits per heavy atom. The summed E-state index contributed by atoms with van der Waals surface area (Å²) in [4.78, 5) is 13.2. The van der Waals surface area contributed by atoms with Crippen molar-refractivity contribution in [3.8, 4) is 0 Å². The Bertz CT molecular complexity index is 745. The average molecular weight is 343 g/mol. The molecule has 0 fully saturated rings. The molecule has 4 heteroatoms. The lowest BCUT2D eigenvalue weighted by Crippen LogP contribution is -2.37. The number of rotatable bonds is 6. The summed E-state index contributed by atoms with van der Waals surface area (Å²) in [6.07, 6.45) is 0.451. The fraction of sp³-hybridized carbons (Fsp3) is 0.350. The SMILES string of the molecule is CCC(C)(O[P+](=O)c1ccccc1)C(=O)c1c(C)cc(C)cc1C. The Balaban J connectivity index is 2.36. The first-order valence-corrected chi connectivity index (χ1v) is 9.30. The summed E-state index contributed by atoms with van der Waals surface area (Å²) in [5.74, 6) is -0.112. The Labute approximate surface area is 144 Å². The molecule has 0 amide bonds. The van der Waals surface area contributed by atoms with Crippen LogP contribution in [0.2, 0.25) is 0 Å². The number of ketones is 1. The van der Waals surface area contributed by atoms with Gasteiger partial charge >= 0.3 is 8.03 Å². The normalized spacial score (nSPS) is 14.1. The molecule has 0 saturated heterocycles. The number of hydrogen-bond donors (Lipinski definition) is 0. The summed E-state index contributed by atoms with van der Waals surface area (Å²) in [6, 6.07) is 13.0. The molecule has 0 radical (unpaired) electrons. The quantitative estimate of drug-likeness (QED) is 0.545. The third-order valence-electron chi connectivity index (χ3n) is 4.31. The molecule has 0 bridgehead atoms. The maximum absolute atomic E-state index is 13.2. The molecule has 2 unspecified atom stereocenters. The minimum Gasteiger partial charge on any atom is -0.291 e. The van der Waals surface area contributed by atoms with Gasteiger partial charge in [0.25, 0.3) is 0 Å². The van der Waals surface area contributed by atoms with Crippen LogP contribution >= 0.6 is 8.03 Å². The monoisotopic (exact) mass is 343 g/mol. The van der Waals surface area contributed by atoms with Crippen LogP contribution in [0.25, 0.3) is 0 Å². The van der Waals surface area contributed by atoms with Crippen molar-refractivity contribution >= 4 is 19.1 Å². The van der Waals surface area contributed by atoms with Gasteiger partial charge in [-0.1, -0.05) is 42.8 Å². The second-order valence-corrected chi connectivity index (χ2v) is 7.58. The Morgan fingerprint density at radius 1 is 1.08 bits per heavy atom. The molecule has 2 aromatic rings. The summed E-state index contributed by atoms with van der Waals surface area (Å²) in [7, 11) is -2.09. The molecule has 0 aliphatic carbocycles. The van der Waals surface area contributed by atoms with Gasteiger partial charge in [0.15, 0.2) is 11.4 Å². The predicted molar refractivity (Wildman–Crippen MR) is 98.4 cm³/mol. The predicted octanol–water partition coefficient (Wildman–Crippen LogP) is 5.05. The van der Waals surface area contributed by atoms with E-state index in [9.17, 15) is 9.36 Å². The highest BCUT2D eigenvalue weighted by molar-refractivity contribution is 7.48. The molecule has 24 heavy (non-hydrogen) atoms. The molecular formula is C20H24O3P+.